The maximum atomic E-state index is 12.9. The monoisotopic (exact) mass is 383 g/mol. The summed E-state index contributed by atoms with van der Waals surface area (Å²) in [6, 6.07) is 11.3. The van der Waals surface area contributed by atoms with Gasteiger partial charge in [0.25, 0.3) is 0 Å². The van der Waals surface area contributed by atoms with Gasteiger partial charge in [-0.2, -0.15) is 0 Å². The minimum atomic E-state index is -0.752. The number of nitrogens with one attached hydrogen (secondary N) is 2. The van der Waals surface area contributed by atoms with E-state index in [1.54, 1.807) is 35.2 Å². The number of rotatable bonds is 4. The van der Waals surface area contributed by atoms with Crippen LogP contribution in [0.1, 0.15) is 24.5 Å². The molecule has 1 heterocycles. The Morgan fingerprint density at radius 2 is 1.82 bits per heavy atom. The van der Waals surface area contributed by atoms with Gasteiger partial charge in [-0.1, -0.05) is 12.1 Å². The molecule has 0 unspecified atom stereocenters. The van der Waals surface area contributed by atoms with Crippen molar-refractivity contribution in [3.05, 3.63) is 59.4 Å². The predicted octanol–water partition coefficient (Wildman–Crippen LogP) is 2.42. The van der Waals surface area contributed by atoms with Gasteiger partial charge < -0.3 is 15.5 Å². The zero-order valence-electron chi connectivity index (χ0n) is 15.6. The van der Waals surface area contributed by atoms with E-state index in [9.17, 15) is 18.8 Å². The molecule has 0 fully saturated rings. The topological polar surface area (TPSA) is 78.5 Å². The Bertz CT molecular complexity index is 896. The quantitative estimate of drug-likeness (QED) is 0.796. The summed E-state index contributed by atoms with van der Waals surface area (Å²) < 4.78 is 12.9. The number of halogens is 1. The normalized spacial score (nSPS) is 12.9. The highest BCUT2D eigenvalue weighted by Crippen LogP contribution is 2.29. The number of hydrogen-bond acceptors (Lipinski definition) is 3. The third-order valence-corrected chi connectivity index (χ3v) is 4.65. The number of fused-ring (bicyclic) bond motifs is 1. The molecule has 0 saturated carbocycles. The van der Waals surface area contributed by atoms with Gasteiger partial charge in [0, 0.05) is 31.4 Å². The number of carbonyl (C=O) groups excluding carboxylic acids is 3. The van der Waals surface area contributed by atoms with E-state index in [1.807, 2.05) is 0 Å². The second kappa shape index (κ2) is 8.65. The molecule has 1 aliphatic heterocycles. The van der Waals surface area contributed by atoms with Crippen LogP contribution in [0.2, 0.25) is 0 Å². The summed E-state index contributed by atoms with van der Waals surface area (Å²) >= 11 is 0. The summed E-state index contributed by atoms with van der Waals surface area (Å²) in [6.45, 7) is 2.49. The van der Waals surface area contributed by atoms with Crippen LogP contribution in [-0.2, 0) is 27.2 Å². The van der Waals surface area contributed by atoms with Gasteiger partial charge in [0.15, 0.2) is 0 Å². The Hall–Kier alpha value is -3.22. The molecule has 0 radical (unpaired) electrons. The molecule has 0 atom stereocenters. The third-order valence-electron chi connectivity index (χ3n) is 4.65. The molecule has 2 N–H and O–H groups in total. The first-order valence-electron chi connectivity index (χ1n) is 9.18. The van der Waals surface area contributed by atoms with Crippen LogP contribution in [0.4, 0.5) is 15.8 Å². The Morgan fingerprint density at radius 1 is 1.07 bits per heavy atom. The number of aryl methyl sites for hydroxylation is 1. The smallest absolute Gasteiger partial charge is 0.313 e. The summed E-state index contributed by atoms with van der Waals surface area (Å²) in [7, 11) is 0. The largest absolute Gasteiger partial charge is 0.347 e. The molecule has 7 heteroatoms. The lowest BCUT2D eigenvalue weighted by Crippen LogP contribution is -2.36. The van der Waals surface area contributed by atoms with Crippen LogP contribution in [0, 0.1) is 5.82 Å². The average Bonchev–Trinajstić information content (AvgIpc) is 2.68. The summed E-state index contributed by atoms with van der Waals surface area (Å²) in [5.74, 6) is -1.81. The third kappa shape index (κ3) is 4.73. The highest BCUT2D eigenvalue weighted by Gasteiger charge is 2.21. The molecule has 2 aromatic rings. The van der Waals surface area contributed by atoms with Crippen molar-refractivity contribution >= 4 is 29.1 Å². The Labute approximate surface area is 162 Å². The first kappa shape index (κ1) is 19.5. The fraction of sp³-hybridized carbons (Fsp3) is 0.286. The van der Waals surface area contributed by atoms with Crippen LogP contribution < -0.4 is 15.5 Å². The van der Waals surface area contributed by atoms with E-state index in [0.717, 1.165) is 29.7 Å². The standard InChI is InChI=1S/C21H22FN3O3/c1-14(26)25-12-2-3-16-13-18(8-9-19(16)25)24-21(28)20(27)23-11-10-15-4-6-17(22)7-5-15/h4-9,13H,2-3,10-12H2,1H3,(H,23,27)(H,24,28). The minimum Gasteiger partial charge on any atom is -0.347 e. The van der Waals surface area contributed by atoms with Crippen LogP contribution in [-0.4, -0.2) is 30.8 Å². The van der Waals surface area contributed by atoms with Crippen molar-refractivity contribution in [2.24, 2.45) is 0 Å². The van der Waals surface area contributed by atoms with Crippen LogP contribution in [0.3, 0.4) is 0 Å². The molecule has 2 aromatic carbocycles. The van der Waals surface area contributed by atoms with E-state index >= 15 is 0 Å². The van der Waals surface area contributed by atoms with Crippen molar-refractivity contribution in [3.8, 4) is 0 Å². The molecular formula is C21H22FN3O3. The average molecular weight is 383 g/mol. The van der Waals surface area contributed by atoms with Crippen molar-refractivity contribution in [3.63, 3.8) is 0 Å². The van der Waals surface area contributed by atoms with Crippen LogP contribution in [0.5, 0.6) is 0 Å². The lowest BCUT2D eigenvalue weighted by molar-refractivity contribution is -0.136. The molecule has 6 nitrogen and oxygen atoms in total. The number of anilines is 2. The molecule has 0 aromatic heterocycles. The zero-order valence-corrected chi connectivity index (χ0v) is 15.6. The van der Waals surface area contributed by atoms with E-state index < -0.39 is 11.8 Å². The number of amides is 3. The fourth-order valence-corrected chi connectivity index (χ4v) is 3.24. The van der Waals surface area contributed by atoms with Gasteiger partial charge in [-0.3, -0.25) is 14.4 Å². The van der Waals surface area contributed by atoms with Gasteiger partial charge in [0.05, 0.1) is 0 Å². The van der Waals surface area contributed by atoms with Gasteiger partial charge in [-0.15, -0.1) is 0 Å². The molecular weight excluding hydrogens is 361 g/mol. The fourth-order valence-electron chi connectivity index (χ4n) is 3.24. The van der Waals surface area contributed by atoms with Gasteiger partial charge in [0.1, 0.15) is 5.82 Å². The zero-order chi connectivity index (χ0) is 20.1. The predicted molar refractivity (Wildman–Crippen MR) is 105 cm³/mol. The van der Waals surface area contributed by atoms with Crippen molar-refractivity contribution < 1.29 is 18.8 Å². The molecule has 3 amide bonds. The number of hydrogen-bond donors (Lipinski definition) is 2. The van der Waals surface area contributed by atoms with Crippen LogP contribution >= 0.6 is 0 Å². The molecule has 3 rings (SSSR count). The molecule has 28 heavy (non-hydrogen) atoms. The summed E-state index contributed by atoms with van der Waals surface area (Å²) in [4.78, 5) is 37.5. The Kier molecular flexibility index (Phi) is 6.03. The summed E-state index contributed by atoms with van der Waals surface area (Å²) in [6.07, 6.45) is 2.17. The van der Waals surface area contributed by atoms with Crippen molar-refractivity contribution in [1.29, 1.82) is 0 Å². The molecule has 0 saturated heterocycles. The van der Waals surface area contributed by atoms with Gasteiger partial charge in [-0.05, 0) is 60.7 Å². The second-order valence-electron chi connectivity index (χ2n) is 6.70. The minimum absolute atomic E-state index is 0.0155. The second-order valence-corrected chi connectivity index (χ2v) is 6.70. The van der Waals surface area contributed by atoms with Crippen molar-refractivity contribution in [2.75, 3.05) is 23.3 Å². The van der Waals surface area contributed by atoms with E-state index in [2.05, 4.69) is 10.6 Å². The molecule has 146 valence electrons. The lowest BCUT2D eigenvalue weighted by Gasteiger charge is -2.28. The maximum Gasteiger partial charge on any atom is 0.313 e. The molecule has 0 aliphatic carbocycles. The molecule has 0 bridgehead atoms. The molecule has 1 aliphatic rings. The highest BCUT2D eigenvalue weighted by molar-refractivity contribution is 6.39. The number of benzene rings is 2. The Morgan fingerprint density at radius 3 is 2.54 bits per heavy atom. The Balaban J connectivity index is 1.54. The van der Waals surface area contributed by atoms with E-state index in [1.165, 1.54) is 19.1 Å². The van der Waals surface area contributed by atoms with Crippen LogP contribution in [0.25, 0.3) is 0 Å². The number of carbonyl (C=O) groups is 3. The lowest BCUT2D eigenvalue weighted by atomic mass is 10.0. The maximum absolute atomic E-state index is 12.9. The first-order chi connectivity index (χ1) is 13.4. The van der Waals surface area contributed by atoms with Gasteiger partial charge >= 0.3 is 11.8 Å². The van der Waals surface area contributed by atoms with Crippen LogP contribution in [0.15, 0.2) is 42.5 Å². The highest BCUT2D eigenvalue weighted by atomic mass is 19.1. The van der Waals surface area contributed by atoms with Crippen molar-refractivity contribution in [2.45, 2.75) is 26.2 Å². The van der Waals surface area contributed by atoms with Gasteiger partial charge in [-0.25, -0.2) is 4.39 Å². The van der Waals surface area contributed by atoms with E-state index in [0.29, 0.717) is 18.7 Å². The number of nitrogens with zero attached hydrogens (tertiary/aromatic N) is 1. The van der Waals surface area contributed by atoms with E-state index in [-0.39, 0.29) is 18.3 Å². The van der Waals surface area contributed by atoms with Gasteiger partial charge in [0.2, 0.25) is 5.91 Å². The first-order valence-corrected chi connectivity index (χ1v) is 9.18. The SMILES string of the molecule is CC(=O)N1CCCc2cc(NC(=O)C(=O)NCCc3ccc(F)cc3)ccc21. The van der Waals surface area contributed by atoms with E-state index in [4.69, 9.17) is 0 Å². The van der Waals surface area contributed by atoms with Crippen molar-refractivity contribution in [1.82, 2.24) is 5.32 Å². The summed E-state index contributed by atoms with van der Waals surface area (Å²) in [5.41, 5.74) is 3.20. The summed E-state index contributed by atoms with van der Waals surface area (Å²) in [5, 5.41) is 5.14. The molecule has 0 spiro atoms.